The number of piperazine rings is 1. The average Bonchev–Trinajstić information content (AvgIpc) is 3.71. The molecule has 6 rings (SSSR count). The molecule has 0 radical (unpaired) electrons. The van der Waals surface area contributed by atoms with Crippen molar-refractivity contribution in [2.24, 2.45) is 17.6 Å². The molecular weight excluding hydrogens is 542 g/mol. The predicted molar refractivity (Wildman–Crippen MR) is 141 cm³/mol. The molecule has 1 heterocycles. The molecule has 1 aromatic carbocycles. The molecular formula is C27H31N3O9S. The van der Waals surface area contributed by atoms with Crippen LogP contribution in [0, 0.1) is 11.8 Å². The lowest BCUT2D eigenvalue weighted by Crippen LogP contribution is -2.68. The fourth-order valence-corrected chi connectivity index (χ4v) is 8.01. The van der Waals surface area contributed by atoms with Gasteiger partial charge in [0.1, 0.15) is 22.8 Å². The van der Waals surface area contributed by atoms with E-state index in [0.717, 1.165) is 24.7 Å². The van der Waals surface area contributed by atoms with Gasteiger partial charge in [-0.15, -0.1) is 0 Å². The second-order valence-electron chi connectivity index (χ2n) is 11.5. The van der Waals surface area contributed by atoms with Crippen LogP contribution in [0.5, 0.6) is 5.75 Å². The summed E-state index contributed by atoms with van der Waals surface area (Å²) >= 11 is 0. The average molecular weight is 574 g/mol. The number of nitrogens with zero attached hydrogens (tertiary/aromatic N) is 2. The zero-order valence-corrected chi connectivity index (χ0v) is 22.6. The summed E-state index contributed by atoms with van der Waals surface area (Å²) in [5.74, 6) is -6.64. The maximum atomic E-state index is 14.1. The van der Waals surface area contributed by atoms with Gasteiger partial charge in [0.05, 0.1) is 17.9 Å². The Kier molecular flexibility index (Phi) is 5.97. The maximum absolute atomic E-state index is 14.1. The van der Waals surface area contributed by atoms with Crippen molar-refractivity contribution < 1.29 is 43.2 Å². The zero-order valence-electron chi connectivity index (χ0n) is 21.8. The van der Waals surface area contributed by atoms with Crippen LogP contribution in [0.3, 0.4) is 0 Å². The van der Waals surface area contributed by atoms with Crippen LogP contribution < -0.4 is 5.73 Å². The maximum Gasteiger partial charge on any atom is 0.255 e. The topological polar surface area (TPSA) is 199 Å². The lowest BCUT2D eigenvalue weighted by molar-refractivity contribution is -0.155. The van der Waals surface area contributed by atoms with E-state index in [9.17, 15) is 43.2 Å². The summed E-state index contributed by atoms with van der Waals surface area (Å²) in [6.07, 6.45) is 3.27. The molecule has 1 saturated heterocycles. The van der Waals surface area contributed by atoms with Crippen molar-refractivity contribution in [1.82, 2.24) is 9.21 Å². The van der Waals surface area contributed by atoms with Gasteiger partial charge in [-0.05, 0) is 54.7 Å². The SMILES string of the molecule is CS(=O)(=O)N1CCN(C2C(=O)C(C(N)=O)=C(O)C3(O)C(=O)C4=C(O)c5c(O)ccc(C6CC6)c5CC4CC23)CC1. The number of aliphatic hydroxyl groups is 3. The highest BCUT2D eigenvalue weighted by Gasteiger charge is 2.64. The van der Waals surface area contributed by atoms with Crippen molar-refractivity contribution >= 4 is 33.3 Å². The van der Waals surface area contributed by atoms with Crippen LogP contribution in [0.25, 0.3) is 5.76 Å². The van der Waals surface area contributed by atoms with Gasteiger partial charge >= 0.3 is 0 Å². The molecule has 0 bridgehead atoms. The van der Waals surface area contributed by atoms with Gasteiger partial charge in [-0.25, -0.2) is 8.42 Å². The number of hydrogen-bond donors (Lipinski definition) is 5. The molecule has 13 heteroatoms. The minimum atomic E-state index is -3.49. The third-order valence-corrected chi connectivity index (χ3v) is 10.5. The summed E-state index contributed by atoms with van der Waals surface area (Å²) in [5, 5.41) is 45.0. The fourth-order valence-electron chi connectivity index (χ4n) is 7.18. The third kappa shape index (κ3) is 3.75. The number of sulfonamides is 1. The number of amides is 1. The van der Waals surface area contributed by atoms with Crippen LogP contribution in [-0.2, 0) is 30.8 Å². The fraction of sp³-hybridized carbons (Fsp3) is 0.519. The van der Waals surface area contributed by atoms with Crippen molar-refractivity contribution in [2.75, 3.05) is 32.4 Å². The van der Waals surface area contributed by atoms with Gasteiger partial charge < -0.3 is 26.2 Å². The van der Waals surface area contributed by atoms with Gasteiger partial charge in [0.15, 0.2) is 11.4 Å². The molecule has 1 aromatic rings. The standard InChI is InChI=1S/C27H31N3O9S/c1-40(38,39)30-8-6-29(7-9-30)21-16-11-13-10-15-14(12-2-3-12)4-5-17(31)19(15)22(32)18(13)24(34)27(16,37)25(35)20(23(21)33)26(28)36/h4-5,12-13,16,21,31-32,35,37H,2-3,6-11H2,1H3,(H2,28,36). The molecule has 3 fully saturated rings. The second kappa shape index (κ2) is 8.87. The van der Waals surface area contributed by atoms with E-state index < -0.39 is 68.1 Å². The van der Waals surface area contributed by atoms with E-state index in [1.54, 1.807) is 4.90 Å². The van der Waals surface area contributed by atoms with Gasteiger partial charge in [0.25, 0.3) is 5.91 Å². The number of aromatic hydroxyl groups is 1. The Morgan fingerprint density at radius 3 is 2.27 bits per heavy atom. The number of benzene rings is 1. The molecule has 12 nitrogen and oxygen atoms in total. The van der Waals surface area contributed by atoms with Gasteiger partial charge in [-0.2, -0.15) is 4.31 Å². The minimum absolute atomic E-state index is 0.000362. The highest BCUT2D eigenvalue weighted by molar-refractivity contribution is 7.88. The molecule has 4 aliphatic carbocycles. The van der Waals surface area contributed by atoms with Gasteiger partial charge in [-0.3, -0.25) is 19.3 Å². The van der Waals surface area contributed by atoms with E-state index >= 15 is 0 Å². The molecule has 6 N–H and O–H groups in total. The van der Waals surface area contributed by atoms with E-state index in [4.69, 9.17) is 5.73 Å². The van der Waals surface area contributed by atoms with Gasteiger partial charge in [0, 0.05) is 37.7 Å². The number of primary amides is 1. The number of phenolic OH excluding ortho intramolecular Hbond substituents is 1. The first-order valence-corrected chi connectivity index (χ1v) is 15.1. The van der Waals surface area contributed by atoms with Crippen LogP contribution >= 0.6 is 0 Å². The highest BCUT2D eigenvalue weighted by atomic mass is 32.2. The first kappa shape index (κ1) is 26.9. The number of ketones is 2. The molecule has 1 aliphatic heterocycles. The first-order chi connectivity index (χ1) is 18.8. The first-order valence-electron chi connectivity index (χ1n) is 13.3. The largest absolute Gasteiger partial charge is 0.508 e. The Morgan fingerprint density at radius 1 is 1.05 bits per heavy atom. The second-order valence-corrected chi connectivity index (χ2v) is 13.5. The Bertz CT molecular complexity index is 1540. The highest BCUT2D eigenvalue weighted by Crippen LogP contribution is 2.54. The molecule has 2 saturated carbocycles. The monoisotopic (exact) mass is 573 g/mol. The molecule has 214 valence electrons. The van der Waals surface area contributed by atoms with Crippen LogP contribution in [0.2, 0.25) is 0 Å². The lowest BCUT2D eigenvalue weighted by Gasteiger charge is -2.52. The summed E-state index contributed by atoms with van der Waals surface area (Å²) in [7, 11) is -3.49. The third-order valence-electron chi connectivity index (χ3n) is 9.24. The summed E-state index contributed by atoms with van der Waals surface area (Å²) in [6, 6.07) is 2.03. The number of nitrogens with two attached hydrogens (primary N) is 1. The quantitative estimate of drug-likeness (QED) is 0.302. The molecule has 5 aliphatic rings. The summed E-state index contributed by atoms with van der Waals surface area (Å²) in [6.45, 7) is 0.266. The molecule has 0 aromatic heterocycles. The number of carbonyl (C=O) groups is 3. The number of hydrogen-bond acceptors (Lipinski definition) is 10. The number of carbonyl (C=O) groups excluding carboxylic acids is 3. The molecule has 4 atom stereocenters. The minimum Gasteiger partial charge on any atom is -0.508 e. The van der Waals surface area contributed by atoms with Crippen LogP contribution in [0.1, 0.15) is 41.9 Å². The van der Waals surface area contributed by atoms with E-state index in [1.807, 2.05) is 6.07 Å². The van der Waals surface area contributed by atoms with E-state index in [0.29, 0.717) is 5.56 Å². The van der Waals surface area contributed by atoms with E-state index in [2.05, 4.69) is 0 Å². The zero-order chi connectivity index (χ0) is 28.9. The normalized spacial score (nSPS) is 31.6. The number of fused-ring (bicyclic) bond motifs is 3. The molecule has 4 unspecified atom stereocenters. The predicted octanol–water partition coefficient (Wildman–Crippen LogP) is -0.143. The van der Waals surface area contributed by atoms with Crippen molar-refractivity contribution in [3.05, 3.63) is 45.7 Å². The Hall–Kier alpha value is -3.26. The smallest absolute Gasteiger partial charge is 0.255 e. The molecule has 1 amide bonds. The molecule has 0 spiro atoms. The van der Waals surface area contributed by atoms with Crippen LogP contribution in [0.4, 0.5) is 0 Å². The number of rotatable bonds is 4. The van der Waals surface area contributed by atoms with Crippen molar-refractivity contribution in [2.45, 2.75) is 43.2 Å². The van der Waals surface area contributed by atoms with Crippen LogP contribution in [-0.4, -0.2) is 99.6 Å². The Balaban J connectivity index is 1.47. The van der Waals surface area contributed by atoms with Crippen molar-refractivity contribution in [3.63, 3.8) is 0 Å². The van der Waals surface area contributed by atoms with Gasteiger partial charge in [-0.1, -0.05) is 6.07 Å². The number of phenols is 1. The van der Waals surface area contributed by atoms with Crippen LogP contribution in [0.15, 0.2) is 29.0 Å². The summed E-state index contributed by atoms with van der Waals surface area (Å²) in [4.78, 5) is 41.7. The Labute approximate surface area is 230 Å². The lowest BCUT2D eigenvalue weighted by atomic mass is 9.57. The number of aliphatic hydroxyl groups excluding tert-OH is 2. The summed E-state index contributed by atoms with van der Waals surface area (Å²) in [5.41, 5.74) is 3.43. The summed E-state index contributed by atoms with van der Waals surface area (Å²) < 4.78 is 25.3. The van der Waals surface area contributed by atoms with Crippen molar-refractivity contribution in [1.29, 1.82) is 0 Å². The van der Waals surface area contributed by atoms with E-state index in [1.165, 1.54) is 10.4 Å². The Morgan fingerprint density at radius 2 is 1.70 bits per heavy atom. The number of Topliss-reactive ketones (excluding diaryl/α,β-unsaturated/α-hetero) is 2. The molecule has 40 heavy (non-hydrogen) atoms. The van der Waals surface area contributed by atoms with Crippen molar-refractivity contribution in [3.8, 4) is 5.75 Å². The van der Waals surface area contributed by atoms with Gasteiger partial charge in [0.2, 0.25) is 15.8 Å². The van der Waals surface area contributed by atoms with E-state index in [-0.39, 0.29) is 61.8 Å².